The van der Waals surface area contributed by atoms with Gasteiger partial charge in [0.2, 0.25) is 11.8 Å². The second-order valence-electron chi connectivity index (χ2n) is 6.39. The van der Waals surface area contributed by atoms with E-state index in [0.29, 0.717) is 31.7 Å². The Hall–Kier alpha value is -2.48. The molecular weight excluding hydrogens is 326 g/mol. The van der Waals surface area contributed by atoms with Crippen LogP contribution >= 0.6 is 0 Å². The topological polar surface area (TPSA) is 102 Å². The number of fused-ring (bicyclic) bond motifs is 1. The molecule has 1 heterocycles. The van der Waals surface area contributed by atoms with E-state index in [2.05, 4.69) is 5.32 Å². The molecule has 8 nitrogen and oxygen atoms in total. The van der Waals surface area contributed by atoms with Gasteiger partial charge in [-0.1, -0.05) is 12.8 Å². The highest BCUT2D eigenvalue weighted by Gasteiger charge is 2.48. The number of nitro benzene ring substituents is 1. The van der Waals surface area contributed by atoms with Crippen molar-refractivity contribution < 1.29 is 19.2 Å². The van der Waals surface area contributed by atoms with Crippen LogP contribution in [-0.2, 0) is 14.3 Å². The minimum atomic E-state index is -0.517. The van der Waals surface area contributed by atoms with Crippen molar-refractivity contribution in [2.75, 3.05) is 30.5 Å². The first kappa shape index (κ1) is 17.3. The number of ether oxygens (including phenoxy) is 1. The Labute approximate surface area is 145 Å². The second-order valence-corrected chi connectivity index (χ2v) is 6.39. The van der Waals surface area contributed by atoms with Gasteiger partial charge in [-0.05, 0) is 25.0 Å². The lowest BCUT2D eigenvalue weighted by molar-refractivity contribution is -0.383. The normalized spacial score (nSPS) is 22.8. The molecule has 0 unspecified atom stereocenters. The number of benzene rings is 1. The van der Waals surface area contributed by atoms with E-state index in [0.717, 1.165) is 17.7 Å². The van der Waals surface area contributed by atoms with Crippen LogP contribution in [0, 0.1) is 22.0 Å². The fraction of sp³-hybridized carbons (Fsp3) is 0.529. The van der Waals surface area contributed by atoms with Gasteiger partial charge in [-0.25, -0.2) is 4.90 Å². The summed E-state index contributed by atoms with van der Waals surface area (Å²) in [5, 5.41) is 14.3. The van der Waals surface area contributed by atoms with Crippen molar-refractivity contribution in [3.63, 3.8) is 0 Å². The van der Waals surface area contributed by atoms with Gasteiger partial charge < -0.3 is 10.1 Å². The molecule has 1 aliphatic heterocycles. The molecule has 0 bridgehead atoms. The molecule has 8 heteroatoms. The molecule has 1 aliphatic carbocycles. The Morgan fingerprint density at radius 3 is 2.44 bits per heavy atom. The molecule has 3 rings (SSSR count). The maximum atomic E-state index is 12.6. The summed E-state index contributed by atoms with van der Waals surface area (Å²) < 4.78 is 4.92. The number of amides is 2. The number of nitro groups is 1. The Kier molecular flexibility index (Phi) is 4.98. The molecule has 0 spiro atoms. The van der Waals surface area contributed by atoms with Crippen molar-refractivity contribution in [1.29, 1.82) is 0 Å². The molecule has 25 heavy (non-hydrogen) atoms. The highest BCUT2D eigenvalue weighted by molar-refractivity contribution is 6.22. The Morgan fingerprint density at radius 1 is 1.24 bits per heavy atom. The summed E-state index contributed by atoms with van der Waals surface area (Å²) in [6.45, 7) is 0.827. The minimum Gasteiger partial charge on any atom is -0.383 e. The zero-order valence-corrected chi connectivity index (χ0v) is 14.1. The fourth-order valence-corrected chi connectivity index (χ4v) is 3.66. The minimum absolute atomic E-state index is 0.163. The lowest BCUT2D eigenvalue weighted by Crippen LogP contribution is -2.30. The Morgan fingerprint density at radius 2 is 1.88 bits per heavy atom. The van der Waals surface area contributed by atoms with Crippen molar-refractivity contribution in [2.45, 2.75) is 25.7 Å². The smallest absolute Gasteiger partial charge is 0.294 e. The number of hydrogen-bond donors (Lipinski definition) is 1. The lowest BCUT2D eigenvalue weighted by atomic mass is 9.81. The molecule has 2 fully saturated rings. The van der Waals surface area contributed by atoms with Gasteiger partial charge >= 0.3 is 0 Å². The molecule has 134 valence electrons. The average Bonchev–Trinajstić information content (AvgIpc) is 2.87. The van der Waals surface area contributed by atoms with E-state index in [9.17, 15) is 19.7 Å². The van der Waals surface area contributed by atoms with Crippen LogP contribution in [0.4, 0.5) is 17.1 Å². The van der Waals surface area contributed by atoms with Crippen molar-refractivity contribution in [3.05, 3.63) is 28.3 Å². The van der Waals surface area contributed by atoms with E-state index in [1.165, 1.54) is 12.1 Å². The number of nitrogens with one attached hydrogen (secondary N) is 1. The van der Waals surface area contributed by atoms with Gasteiger partial charge in [-0.3, -0.25) is 19.7 Å². The first-order valence-electron chi connectivity index (χ1n) is 8.43. The van der Waals surface area contributed by atoms with Crippen LogP contribution in [0.1, 0.15) is 25.7 Å². The zero-order valence-electron chi connectivity index (χ0n) is 14.1. The summed E-state index contributed by atoms with van der Waals surface area (Å²) >= 11 is 0. The number of carbonyl (C=O) groups excluding carboxylic acids is 2. The molecule has 1 aromatic carbocycles. The standard InChI is InChI=1S/C17H21N3O5/c1-25-9-8-18-14-7-6-11(10-15(14)20(23)24)19-16(21)12-4-2-3-5-13(12)17(19)22/h6-7,10,12-13,18H,2-5,8-9H2,1H3/t12-,13-/m0/s1. The van der Waals surface area contributed by atoms with Crippen LogP contribution in [0.3, 0.4) is 0 Å². The van der Waals surface area contributed by atoms with Gasteiger partial charge in [0.1, 0.15) is 5.69 Å². The summed E-state index contributed by atoms with van der Waals surface area (Å²) in [5.74, 6) is -1.02. The molecule has 0 radical (unpaired) electrons. The molecule has 2 atom stereocenters. The maximum Gasteiger partial charge on any atom is 0.294 e. The summed E-state index contributed by atoms with van der Waals surface area (Å²) in [5.41, 5.74) is 0.444. The van der Waals surface area contributed by atoms with Gasteiger partial charge in [-0.15, -0.1) is 0 Å². The third kappa shape index (κ3) is 3.21. The number of rotatable bonds is 6. The summed E-state index contributed by atoms with van der Waals surface area (Å²) in [6.07, 6.45) is 3.31. The van der Waals surface area contributed by atoms with Crippen molar-refractivity contribution in [2.24, 2.45) is 11.8 Å². The molecule has 2 aliphatic rings. The van der Waals surface area contributed by atoms with Gasteiger partial charge in [0.05, 0.1) is 29.1 Å². The molecular formula is C17H21N3O5. The Bertz CT molecular complexity index is 682. The fourth-order valence-electron chi connectivity index (χ4n) is 3.66. The van der Waals surface area contributed by atoms with Crippen molar-refractivity contribution in [3.8, 4) is 0 Å². The van der Waals surface area contributed by atoms with E-state index < -0.39 is 4.92 Å². The lowest BCUT2D eigenvalue weighted by Gasteiger charge is -2.19. The predicted octanol–water partition coefficient (Wildman–Crippen LogP) is 2.33. The van der Waals surface area contributed by atoms with Crippen molar-refractivity contribution in [1.82, 2.24) is 0 Å². The first-order valence-corrected chi connectivity index (χ1v) is 8.43. The van der Waals surface area contributed by atoms with Crippen LogP contribution in [0.25, 0.3) is 0 Å². The number of anilines is 2. The molecule has 1 saturated heterocycles. The predicted molar refractivity (Wildman–Crippen MR) is 91.4 cm³/mol. The summed E-state index contributed by atoms with van der Waals surface area (Å²) in [4.78, 5) is 37.3. The van der Waals surface area contributed by atoms with E-state index in [1.807, 2.05) is 0 Å². The van der Waals surface area contributed by atoms with E-state index >= 15 is 0 Å². The number of nitrogens with zero attached hydrogens (tertiary/aromatic N) is 2. The van der Waals surface area contributed by atoms with Crippen LogP contribution in [0.5, 0.6) is 0 Å². The summed E-state index contributed by atoms with van der Waals surface area (Å²) in [6, 6.07) is 4.41. The second kappa shape index (κ2) is 7.18. The average molecular weight is 347 g/mol. The van der Waals surface area contributed by atoms with Gasteiger partial charge in [0.25, 0.3) is 5.69 Å². The third-order valence-electron chi connectivity index (χ3n) is 4.90. The number of hydrogen-bond acceptors (Lipinski definition) is 6. The highest BCUT2D eigenvalue weighted by Crippen LogP contribution is 2.41. The molecule has 1 aromatic rings. The van der Waals surface area contributed by atoms with Gasteiger partial charge in [0, 0.05) is 19.7 Å². The third-order valence-corrected chi connectivity index (χ3v) is 4.90. The quantitative estimate of drug-likeness (QED) is 0.367. The van der Waals surface area contributed by atoms with Crippen LogP contribution < -0.4 is 10.2 Å². The highest BCUT2D eigenvalue weighted by atomic mass is 16.6. The van der Waals surface area contributed by atoms with Crippen LogP contribution in [0.2, 0.25) is 0 Å². The van der Waals surface area contributed by atoms with Gasteiger partial charge in [-0.2, -0.15) is 0 Å². The number of imide groups is 1. The molecule has 0 aromatic heterocycles. The number of carbonyl (C=O) groups is 2. The maximum absolute atomic E-state index is 12.6. The SMILES string of the molecule is COCCNc1ccc(N2C(=O)[C@H]3CCCC[C@@H]3C2=O)cc1[N+](=O)[O-]. The largest absolute Gasteiger partial charge is 0.383 e. The first-order chi connectivity index (χ1) is 12.0. The van der Waals surface area contributed by atoms with E-state index in [1.54, 1.807) is 13.2 Å². The summed E-state index contributed by atoms with van der Waals surface area (Å²) in [7, 11) is 1.54. The number of methoxy groups -OCH3 is 1. The Balaban J connectivity index is 1.89. The molecule has 1 saturated carbocycles. The van der Waals surface area contributed by atoms with Gasteiger partial charge in [0.15, 0.2) is 0 Å². The van der Waals surface area contributed by atoms with Crippen LogP contribution in [0.15, 0.2) is 18.2 Å². The molecule has 1 N–H and O–H groups in total. The van der Waals surface area contributed by atoms with Crippen LogP contribution in [-0.4, -0.2) is 37.0 Å². The van der Waals surface area contributed by atoms with Crippen molar-refractivity contribution >= 4 is 28.9 Å². The van der Waals surface area contributed by atoms with E-state index in [4.69, 9.17) is 4.74 Å². The zero-order chi connectivity index (χ0) is 18.0. The molecule has 2 amide bonds. The van der Waals surface area contributed by atoms with E-state index in [-0.39, 0.29) is 35.0 Å². The monoisotopic (exact) mass is 347 g/mol.